The van der Waals surface area contributed by atoms with E-state index in [1.165, 1.54) is 38.5 Å². The van der Waals surface area contributed by atoms with Crippen molar-refractivity contribution in [1.82, 2.24) is 15.0 Å². The summed E-state index contributed by atoms with van der Waals surface area (Å²) in [5, 5.41) is 0. The van der Waals surface area contributed by atoms with E-state index in [4.69, 9.17) is 0 Å². The molecule has 0 amide bonds. The van der Waals surface area contributed by atoms with Crippen LogP contribution in [0.1, 0.15) is 44.3 Å². The molecular formula is C11H17N3. The summed E-state index contributed by atoms with van der Waals surface area (Å²) in [4.78, 5) is 12.1. The third-order valence-corrected chi connectivity index (χ3v) is 3.05. The van der Waals surface area contributed by atoms with Crippen LogP contribution in [0.2, 0.25) is 0 Å². The van der Waals surface area contributed by atoms with Crippen LogP contribution in [0, 0.1) is 5.92 Å². The maximum atomic E-state index is 4.14. The van der Waals surface area contributed by atoms with Gasteiger partial charge in [-0.2, -0.15) is 0 Å². The molecule has 0 radical (unpaired) electrons. The fourth-order valence-electron chi connectivity index (χ4n) is 2.20. The Labute approximate surface area is 85.0 Å². The topological polar surface area (TPSA) is 38.7 Å². The van der Waals surface area contributed by atoms with Crippen LogP contribution in [0.5, 0.6) is 0 Å². The fourth-order valence-corrected chi connectivity index (χ4v) is 2.20. The van der Waals surface area contributed by atoms with Gasteiger partial charge in [-0.05, 0) is 12.3 Å². The van der Waals surface area contributed by atoms with E-state index in [9.17, 15) is 0 Å². The molecule has 1 aromatic rings. The maximum absolute atomic E-state index is 4.14. The lowest BCUT2D eigenvalue weighted by Crippen LogP contribution is -2.08. The molecule has 0 saturated heterocycles. The first-order valence-corrected chi connectivity index (χ1v) is 5.56. The average Bonchev–Trinajstić information content (AvgIpc) is 2.29. The molecule has 1 fully saturated rings. The molecule has 1 aromatic heterocycles. The summed E-state index contributed by atoms with van der Waals surface area (Å²) in [5.74, 6) is 1.87. The maximum Gasteiger partial charge on any atom is 0.131 e. The van der Waals surface area contributed by atoms with Crippen LogP contribution in [0.15, 0.2) is 12.7 Å². The molecule has 0 aliphatic heterocycles. The monoisotopic (exact) mass is 191 g/mol. The van der Waals surface area contributed by atoms with Crippen molar-refractivity contribution in [3.63, 3.8) is 0 Å². The highest BCUT2D eigenvalue weighted by molar-refractivity contribution is 4.82. The van der Waals surface area contributed by atoms with E-state index in [-0.39, 0.29) is 0 Å². The van der Waals surface area contributed by atoms with Crippen molar-refractivity contribution in [2.45, 2.75) is 44.9 Å². The predicted octanol–water partition coefficient (Wildman–Crippen LogP) is 2.38. The summed E-state index contributed by atoms with van der Waals surface area (Å²) in [5.41, 5.74) is 0. The molecule has 0 spiro atoms. The summed E-state index contributed by atoms with van der Waals surface area (Å²) in [7, 11) is 0. The van der Waals surface area contributed by atoms with E-state index in [1.807, 2.05) is 0 Å². The van der Waals surface area contributed by atoms with E-state index in [0.29, 0.717) is 0 Å². The van der Waals surface area contributed by atoms with Gasteiger partial charge in [-0.3, -0.25) is 0 Å². The zero-order valence-corrected chi connectivity index (χ0v) is 8.52. The minimum atomic E-state index is 0.917. The average molecular weight is 191 g/mol. The molecule has 0 aromatic carbocycles. The van der Waals surface area contributed by atoms with Crippen molar-refractivity contribution in [2.75, 3.05) is 0 Å². The minimum absolute atomic E-state index is 0.917. The molecule has 0 N–H and O–H groups in total. The summed E-state index contributed by atoms with van der Waals surface area (Å²) >= 11 is 0. The summed E-state index contributed by atoms with van der Waals surface area (Å²) < 4.78 is 0. The van der Waals surface area contributed by atoms with Crippen molar-refractivity contribution in [1.29, 1.82) is 0 Å². The van der Waals surface area contributed by atoms with Gasteiger partial charge in [0.15, 0.2) is 0 Å². The highest BCUT2D eigenvalue weighted by atomic mass is 15.0. The molecular weight excluding hydrogens is 174 g/mol. The van der Waals surface area contributed by atoms with Gasteiger partial charge in [0.1, 0.15) is 18.5 Å². The van der Waals surface area contributed by atoms with Crippen LogP contribution in [0.3, 0.4) is 0 Å². The number of rotatable bonds is 3. The lowest BCUT2D eigenvalue weighted by atomic mass is 9.86. The molecule has 76 valence electrons. The second-order valence-corrected chi connectivity index (χ2v) is 4.10. The Kier molecular flexibility index (Phi) is 3.44. The highest BCUT2D eigenvalue weighted by Crippen LogP contribution is 2.26. The third kappa shape index (κ3) is 2.76. The predicted molar refractivity (Wildman–Crippen MR) is 54.7 cm³/mol. The van der Waals surface area contributed by atoms with Crippen LogP contribution in [0.4, 0.5) is 0 Å². The number of hydrogen-bond donors (Lipinski definition) is 0. The Hall–Kier alpha value is -0.990. The Morgan fingerprint density at radius 1 is 1.07 bits per heavy atom. The fraction of sp³-hybridized carbons (Fsp3) is 0.727. The Balaban J connectivity index is 1.76. The third-order valence-electron chi connectivity index (χ3n) is 3.05. The van der Waals surface area contributed by atoms with E-state index >= 15 is 0 Å². The van der Waals surface area contributed by atoms with Crippen molar-refractivity contribution in [3.05, 3.63) is 18.5 Å². The van der Waals surface area contributed by atoms with Crippen molar-refractivity contribution < 1.29 is 0 Å². The summed E-state index contributed by atoms with van der Waals surface area (Å²) in [6.45, 7) is 0. The molecule has 0 bridgehead atoms. The molecule has 0 atom stereocenters. The van der Waals surface area contributed by atoms with Gasteiger partial charge in [-0.25, -0.2) is 15.0 Å². The Morgan fingerprint density at radius 3 is 2.50 bits per heavy atom. The van der Waals surface area contributed by atoms with Gasteiger partial charge in [0, 0.05) is 6.42 Å². The van der Waals surface area contributed by atoms with Gasteiger partial charge >= 0.3 is 0 Å². The first kappa shape index (κ1) is 9.56. The summed E-state index contributed by atoms with van der Waals surface area (Å²) in [6, 6.07) is 0. The molecule has 1 heterocycles. The second-order valence-electron chi connectivity index (χ2n) is 4.10. The summed E-state index contributed by atoms with van der Waals surface area (Å²) in [6.07, 6.45) is 12.5. The Morgan fingerprint density at radius 2 is 1.79 bits per heavy atom. The lowest BCUT2D eigenvalue weighted by molar-refractivity contribution is 0.337. The minimum Gasteiger partial charge on any atom is -0.225 e. The SMILES string of the molecule is c1ncnc(CCC2CCCCC2)n1. The van der Waals surface area contributed by atoms with E-state index in [1.54, 1.807) is 12.7 Å². The largest absolute Gasteiger partial charge is 0.225 e. The van der Waals surface area contributed by atoms with Crippen molar-refractivity contribution in [3.8, 4) is 0 Å². The van der Waals surface area contributed by atoms with E-state index in [0.717, 1.165) is 18.2 Å². The van der Waals surface area contributed by atoms with Crippen LogP contribution >= 0.6 is 0 Å². The van der Waals surface area contributed by atoms with Crippen LogP contribution < -0.4 is 0 Å². The molecule has 3 nitrogen and oxygen atoms in total. The smallest absolute Gasteiger partial charge is 0.131 e. The Bertz CT molecular complexity index is 254. The van der Waals surface area contributed by atoms with Gasteiger partial charge in [0.25, 0.3) is 0 Å². The van der Waals surface area contributed by atoms with Crippen LogP contribution in [-0.2, 0) is 6.42 Å². The molecule has 1 saturated carbocycles. The first-order valence-electron chi connectivity index (χ1n) is 5.56. The normalized spacial score (nSPS) is 18.3. The van der Waals surface area contributed by atoms with Crippen molar-refractivity contribution >= 4 is 0 Å². The van der Waals surface area contributed by atoms with Gasteiger partial charge < -0.3 is 0 Å². The first-order chi connectivity index (χ1) is 6.95. The molecule has 1 aliphatic rings. The molecule has 14 heavy (non-hydrogen) atoms. The van der Waals surface area contributed by atoms with Gasteiger partial charge in [-0.1, -0.05) is 32.1 Å². The van der Waals surface area contributed by atoms with Gasteiger partial charge in [0.2, 0.25) is 0 Å². The van der Waals surface area contributed by atoms with E-state index in [2.05, 4.69) is 15.0 Å². The zero-order valence-electron chi connectivity index (χ0n) is 8.52. The zero-order chi connectivity index (χ0) is 9.64. The van der Waals surface area contributed by atoms with Crippen LogP contribution in [-0.4, -0.2) is 15.0 Å². The molecule has 3 heteroatoms. The number of aryl methyl sites for hydroxylation is 1. The number of hydrogen-bond acceptors (Lipinski definition) is 3. The van der Waals surface area contributed by atoms with Crippen molar-refractivity contribution in [2.24, 2.45) is 5.92 Å². The quantitative estimate of drug-likeness (QED) is 0.736. The second kappa shape index (κ2) is 5.03. The molecule has 1 aliphatic carbocycles. The van der Waals surface area contributed by atoms with Gasteiger partial charge in [0.05, 0.1) is 0 Å². The highest BCUT2D eigenvalue weighted by Gasteiger charge is 2.13. The standard InChI is InChI=1S/C11H17N3/c1-2-4-10(5-3-1)6-7-11-13-8-12-9-14-11/h8-10H,1-7H2. The van der Waals surface area contributed by atoms with Gasteiger partial charge in [-0.15, -0.1) is 0 Å². The number of nitrogens with zero attached hydrogens (tertiary/aromatic N) is 3. The van der Waals surface area contributed by atoms with Crippen LogP contribution in [0.25, 0.3) is 0 Å². The lowest BCUT2D eigenvalue weighted by Gasteiger charge is -2.20. The molecule has 0 unspecified atom stereocenters. The molecule has 2 rings (SSSR count). The van der Waals surface area contributed by atoms with E-state index < -0.39 is 0 Å². The number of aromatic nitrogens is 3.